The van der Waals surface area contributed by atoms with Gasteiger partial charge < -0.3 is 10.4 Å². The molecule has 1 amide bonds. The number of thiophene rings is 1. The van der Waals surface area contributed by atoms with E-state index in [4.69, 9.17) is 0 Å². The fourth-order valence-corrected chi connectivity index (χ4v) is 5.82. The van der Waals surface area contributed by atoms with E-state index < -0.39 is 6.04 Å². The van der Waals surface area contributed by atoms with E-state index in [1.54, 1.807) is 34.9 Å². The number of para-hydroxylation sites is 1. The van der Waals surface area contributed by atoms with Gasteiger partial charge in [0.25, 0.3) is 11.5 Å². The summed E-state index contributed by atoms with van der Waals surface area (Å²) >= 11 is 2.79. The van der Waals surface area contributed by atoms with Crippen LogP contribution in [-0.2, 0) is 4.79 Å². The molecule has 170 valence electrons. The normalized spacial score (nSPS) is 15.7. The van der Waals surface area contributed by atoms with Crippen molar-refractivity contribution in [3.63, 3.8) is 0 Å². The average molecular weight is 488 g/mol. The zero-order valence-electron chi connectivity index (χ0n) is 18.5. The number of allylic oxidation sites excluding steroid dienone is 1. The fourth-order valence-electron chi connectivity index (χ4n) is 3.95. The summed E-state index contributed by atoms with van der Waals surface area (Å²) in [7, 11) is 0. The molecule has 3 heterocycles. The van der Waals surface area contributed by atoms with Crippen LogP contribution in [0.4, 0.5) is 5.69 Å². The summed E-state index contributed by atoms with van der Waals surface area (Å²) in [6, 6.07) is 17.5. The van der Waals surface area contributed by atoms with E-state index in [0.29, 0.717) is 20.6 Å². The van der Waals surface area contributed by atoms with Gasteiger partial charge in [-0.2, -0.15) is 0 Å². The highest BCUT2D eigenvalue weighted by Gasteiger charge is 2.33. The number of phenols is 1. The first-order valence-electron chi connectivity index (χ1n) is 10.6. The first-order chi connectivity index (χ1) is 16.4. The number of benzene rings is 2. The van der Waals surface area contributed by atoms with Crippen molar-refractivity contribution in [2.45, 2.75) is 19.9 Å². The maximum Gasteiger partial charge on any atom is 0.271 e. The van der Waals surface area contributed by atoms with E-state index in [2.05, 4.69) is 10.3 Å². The number of fused-ring (bicyclic) bond motifs is 1. The van der Waals surface area contributed by atoms with Crippen LogP contribution in [0.25, 0.3) is 6.08 Å². The van der Waals surface area contributed by atoms with Crippen LogP contribution in [0.3, 0.4) is 0 Å². The van der Waals surface area contributed by atoms with Gasteiger partial charge in [0.05, 0.1) is 15.8 Å². The molecule has 0 saturated carbocycles. The summed E-state index contributed by atoms with van der Waals surface area (Å²) in [6.45, 7) is 3.75. The van der Waals surface area contributed by atoms with E-state index in [1.807, 2.05) is 55.6 Å². The monoisotopic (exact) mass is 487 g/mol. The van der Waals surface area contributed by atoms with E-state index >= 15 is 0 Å². The van der Waals surface area contributed by atoms with Gasteiger partial charge in [0, 0.05) is 10.6 Å². The number of amides is 1. The van der Waals surface area contributed by atoms with Crippen LogP contribution in [0.1, 0.15) is 29.0 Å². The Balaban J connectivity index is 1.64. The lowest BCUT2D eigenvalue weighted by Crippen LogP contribution is -2.40. The van der Waals surface area contributed by atoms with Crippen molar-refractivity contribution in [3.8, 4) is 5.75 Å². The van der Waals surface area contributed by atoms with Crippen molar-refractivity contribution in [1.82, 2.24) is 4.57 Å². The number of aromatic nitrogens is 1. The minimum Gasteiger partial charge on any atom is -0.508 e. The third-order valence-corrected chi connectivity index (χ3v) is 7.57. The number of carbonyl (C=O) groups excluding carboxylic acids is 1. The molecule has 1 aliphatic heterocycles. The molecule has 0 fully saturated rings. The third-order valence-electron chi connectivity index (χ3n) is 5.66. The molecule has 8 heteroatoms. The van der Waals surface area contributed by atoms with Crippen molar-refractivity contribution in [2.75, 3.05) is 5.32 Å². The molecule has 6 nitrogen and oxygen atoms in total. The third kappa shape index (κ3) is 4.02. The summed E-state index contributed by atoms with van der Waals surface area (Å²) in [6.07, 6.45) is 1.78. The Morgan fingerprint density at radius 1 is 1.09 bits per heavy atom. The Morgan fingerprint density at radius 3 is 2.56 bits per heavy atom. The number of hydrogen-bond acceptors (Lipinski definition) is 6. The summed E-state index contributed by atoms with van der Waals surface area (Å²) < 4.78 is 2.13. The van der Waals surface area contributed by atoms with Crippen LogP contribution >= 0.6 is 22.7 Å². The standard InChI is InChI=1S/C26H21N3O3S2/c1-15-6-3-4-7-19(15)28-24(31)22-16(2)27-26-29(23(22)20-8-5-13-33-20)25(32)21(34-26)14-17-9-11-18(30)12-10-17/h3-14,23,30H,1-2H3,(H,28,31)/b21-14+. The lowest BCUT2D eigenvalue weighted by Gasteiger charge is -2.24. The van der Waals surface area contributed by atoms with Gasteiger partial charge in [0.15, 0.2) is 4.80 Å². The molecule has 2 aromatic carbocycles. The van der Waals surface area contributed by atoms with Gasteiger partial charge in [-0.1, -0.05) is 47.7 Å². The Labute approximate surface area is 203 Å². The molecule has 5 rings (SSSR count). The predicted molar refractivity (Wildman–Crippen MR) is 136 cm³/mol. The van der Waals surface area contributed by atoms with Crippen molar-refractivity contribution >= 4 is 40.3 Å². The number of aryl methyl sites for hydroxylation is 1. The minimum absolute atomic E-state index is 0.163. The first kappa shape index (κ1) is 22.1. The largest absolute Gasteiger partial charge is 0.508 e. The van der Waals surface area contributed by atoms with Crippen LogP contribution in [-0.4, -0.2) is 15.6 Å². The Hall–Kier alpha value is -3.75. The maximum absolute atomic E-state index is 13.6. The highest BCUT2D eigenvalue weighted by atomic mass is 32.1. The number of anilines is 1. The Kier molecular flexibility index (Phi) is 5.77. The van der Waals surface area contributed by atoms with Crippen LogP contribution < -0.4 is 20.2 Å². The molecule has 0 aliphatic carbocycles. The second kappa shape index (κ2) is 8.89. The summed E-state index contributed by atoms with van der Waals surface area (Å²) in [4.78, 5) is 33.2. The van der Waals surface area contributed by atoms with Crippen molar-refractivity contribution in [1.29, 1.82) is 0 Å². The van der Waals surface area contributed by atoms with Crippen LogP contribution in [0.5, 0.6) is 5.75 Å². The predicted octanol–water partition coefficient (Wildman–Crippen LogP) is 3.95. The van der Waals surface area contributed by atoms with Gasteiger partial charge in [-0.25, -0.2) is 4.99 Å². The quantitative estimate of drug-likeness (QED) is 0.457. The number of thiazole rings is 1. The molecule has 2 N–H and O–H groups in total. The Morgan fingerprint density at radius 2 is 1.85 bits per heavy atom. The molecule has 34 heavy (non-hydrogen) atoms. The number of hydrogen-bond donors (Lipinski definition) is 2. The first-order valence-corrected chi connectivity index (χ1v) is 12.3. The van der Waals surface area contributed by atoms with Gasteiger partial charge in [-0.05, 0) is 60.7 Å². The van der Waals surface area contributed by atoms with Crippen molar-refractivity contribution in [2.24, 2.45) is 4.99 Å². The number of nitrogens with zero attached hydrogens (tertiary/aromatic N) is 2. The van der Waals surface area contributed by atoms with Crippen molar-refractivity contribution < 1.29 is 9.90 Å². The SMILES string of the molecule is CC1=C(C(=O)Nc2ccccc2C)C(c2cccs2)n2c(s/c(=C/c3ccc(O)cc3)c2=O)=N1. The molecular formula is C26H21N3O3S2. The minimum atomic E-state index is -0.567. The van der Waals surface area contributed by atoms with Gasteiger partial charge in [0.2, 0.25) is 0 Å². The second-order valence-electron chi connectivity index (χ2n) is 7.96. The summed E-state index contributed by atoms with van der Waals surface area (Å²) in [5.41, 5.74) is 3.31. The van der Waals surface area contributed by atoms with Crippen LogP contribution in [0.2, 0.25) is 0 Å². The van der Waals surface area contributed by atoms with E-state index in [9.17, 15) is 14.7 Å². The molecule has 1 unspecified atom stereocenters. The molecule has 4 aromatic rings. The average Bonchev–Trinajstić information content (AvgIpc) is 3.45. The molecule has 0 radical (unpaired) electrons. The maximum atomic E-state index is 13.6. The van der Waals surface area contributed by atoms with Crippen LogP contribution in [0.15, 0.2) is 87.1 Å². The lowest BCUT2D eigenvalue weighted by molar-refractivity contribution is -0.113. The van der Waals surface area contributed by atoms with E-state index in [1.165, 1.54) is 22.7 Å². The molecule has 0 spiro atoms. The number of phenolic OH excluding ortho intramolecular Hbond substituents is 1. The van der Waals surface area contributed by atoms with E-state index in [0.717, 1.165) is 21.7 Å². The highest BCUT2D eigenvalue weighted by Crippen LogP contribution is 2.33. The smallest absolute Gasteiger partial charge is 0.271 e. The molecule has 1 aliphatic rings. The number of aromatic hydroxyl groups is 1. The molecular weight excluding hydrogens is 466 g/mol. The van der Waals surface area contributed by atoms with Gasteiger partial charge in [0.1, 0.15) is 11.8 Å². The van der Waals surface area contributed by atoms with Crippen LogP contribution in [0, 0.1) is 6.92 Å². The number of nitrogens with one attached hydrogen (secondary N) is 1. The van der Waals surface area contributed by atoms with Gasteiger partial charge in [-0.3, -0.25) is 14.2 Å². The topological polar surface area (TPSA) is 83.7 Å². The molecule has 1 atom stereocenters. The number of carbonyl (C=O) groups is 1. The molecule has 0 bridgehead atoms. The summed E-state index contributed by atoms with van der Waals surface area (Å²) in [5, 5.41) is 14.5. The molecule has 0 saturated heterocycles. The summed E-state index contributed by atoms with van der Waals surface area (Å²) in [5.74, 6) is -0.113. The van der Waals surface area contributed by atoms with Gasteiger partial charge in [-0.15, -0.1) is 11.3 Å². The van der Waals surface area contributed by atoms with E-state index in [-0.39, 0.29) is 17.2 Å². The van der Waals surface area contributed by atoms with Crippen molar-refractivity contribution in [3.05, 3.63) is 113 Å². The Bertz CT molecular complexity index is 1590. The highest BCUT2D eigenvalue weighted by molar-refractivity contribution is 7.10. The number of rotatable bonds is 4. The second-order valence-corrected chi connectivity index (χ2v) is 9.95. The zero-order chi connectivity index (χ0) is 23.8. The fraction of sp³-hybridized carbons (Fsp3) is 0.115. The zero-order valence-corrected chi connectivity index (χ0v) is 20.1. The lowest BCUT2D eigenvalue weighted by atomic mass is 10.0. The van der Waals surface area contributed by atoms with Gasteiger partial charge >= 0.3 is 0 Å². The molecule has 2 aromatic heterocycles.